The molecule has 3 nitrogen and oxygen atoms in total. The lowest BCUT2D eigenvalue weighted by molar-refractivity contribution is 0.219. The van der Waals surface area contributed by atoms with E-state index in [4.69, 9.17) is 0 Å². The number of aromatic nitrogens is 2. The van der Waals surface area contributed by atoms with E-state index in [0.29, 0.717) is 0 Å². The molecule has 0 aliphatic rings. The van der Waals surface area contributed by atoms with Gasteiger partial charge in [-0.15, -0.1) is 0 Å². The molecule has 1 aromatic carbocycles. The van der Waals surface area contributed by atoms with Gasteiger partial charge in [0.1, 0.15) is 6.10 Å². The van der Waals surface area contributed by atoms with Crippen molar-refractivity contribution in [3.8, 4) is 0 Å². The van der Waals surface area contributed by atoms with Crippen LogP contribution in [-0.4, -0.2) is 15.1 Å². The standard InChI is InChI=1S/C17H16N2O/c1-2-12-11-18-9-7-15(12)17(20)14-5-6-16-13(10-14)4-3-8-19-16/h3-11,17,20H,2H2,1H3. The molecule has 0 spiro atoms. The zero-order chi connectivity index (χ0) is 13.9. The van der Waals surface area contributed by atoms with Gasteiger partial charge in [0.15, 0.2) is 0 Å². The van der Waals surface area contributed by atoms with Gasteiger partial charge in [0.2, 0.25) is 0 Å². The van der Waals surface area contributed by atoms with Gasteiger partial charge in [-0.05, 0) is 47.4 Å². The predicted octanol–water partition coefficient (Wildman–Crippen LogP) is 3.27. The van der Waals surface area contributed by atoms with Crippen LogP contribution >= 0.6 is 0 Å². The Hall–Kier alpha value is -2.26. The molecule has 0 aliphatic carbocycles. The van der Waals surface area contributed by atoms with E-state index in [9.17, 15) is 5.11 Å². The first kappa shape index (κ1) is 12.8. The van der Waals surface area contributed by atoms with E-state index >= 15 is 0 Å². The summed E-state index contributed by atoms with van der Waals surface area (Å²) < 4.78 is 0. The fraction of sp³-hybridized carbons (Fsp3) is 0.176. The third-order valence-corrected chi connectivity index (χ3v) is 3.56. The summed E-state index contributed by atoms with van der Waals surface area (Å²) in [5.74, 6) is 0. The Morgan fingerprint density at radius 3 is 2.90 bits per heavy atom. The lowest BCUT2D eigenvalue weighted by Crippen LogP contribution is -2.04. The predicted molar refractivity (Wildman–Crippen MR) is 79.4 cm³/mol. The van der Waals surface area contributed by atoms with E-state index in [0.717, 1.165) is 34.0 Å². The van der Waals surface area contributed by atoms with Crippen LogP contribution in [0, 0.1) is 0 Å². The van der Waals surface area contributed by atoms with Gasteiger partial charge in [-0.1, -0.05) is 19.1 Å². The molecular formula is C17H16N2O. The number of rotatable bonds is 3. The van der Waals surface area contributed by atoms with Crippen molar-refractivity contribution in [2.45, 2.75) is 19.4 Å². The molecule has 0 amide bonds. The summed E-state index contributed by atoms with van der Waals surface area (Å²) in [5.41, 5.74) is 3.82. The number of benzene rings is 1. The van der Waals surface area contributed by atoms with Gasteiger partial charge in [0.05, 0.1) is 5.52 Å². The highest BCUT2D eigenvalue weighted by molar-refractivity contribution is 5.79. The maximum atomic E-state index is 10.6. The fourth-order valence-corrected chi connectivity index (χ4v) is 2.44. The molecule has 1 N–H and O–H groups in total. The van der Waals surface area contributed by atoms with Gasteiger partial charge in [-0.3, -0.25) is 9.97 Å². The molecule has 3 heteroatoms. The number of aliphatic hydroxyl groups is 1. The largest absolute Gasteiger partial charge is 0.384 e. The molecule has 3 aromatic rings. The Bertz CT molecular complexity index is 740. The van der Waals surface area contributed by atoms with E-state index in [1.54, 1.807) is 12.4 Å². The lowest BCUT2D eigenvalue weighted by atomic mass is 9.96. The Morgan fingerprint density at radius 2 is 2.05 bits per heavy atom. The zero-order valence-electron chi connectivity index (χ0n) is 11.3. The van der Waals surface area contributed by atoms with Crippen LogP contribution in [0.25, 0.3) is 10.9 Å². The van der Waals surface area contributed by atoms with Crippen molar-refractivity contribution in [2.24, 2.45) is 0 Å². The Kier molecular flexibility index (Phi) is 3.44. The lowest BCUT2D eigenvalue weighted by Gasteiger charge is -2.15. The van der Waals surface area contributed by atoms with Gasteiger partial charge < -0.3 is 5.11 Å². The normalized spacial score (nSPS) is 12.5. The van der Waals surface area contributed by atoms with Crippen LogP contribution in [-0.2, 0) is 6.42 Å². The average Bonchev–Trinajstić information content (AvgIpc) is 2.53. The molecule has 0 fully saturated rings. The van der Waals surface area contributed by atoms with Crippen LogP contribution in [0.2, 0.25) is 0 Å². The minimum Gasteiger partial charge on any atom is -0.384 e. The second-order valence-corrected chi connectivity index (χ2v) is 4.79. The molecule has 0 saturated carbocycles. The van der Waals surface area contributed by atoms with Crippen molar-refractivity contribution in [1.29, 1.82) is 0 Å². The van der Waals surface area contributed by atoms with Gasteiger partial charge >= 0.3 is 0 Å². The van der Waals surface area contributed by atoms with Crippen molar-refractivity contribution < 1.29 is 5.11 Å². The van der Waals surface area contributed by atoms with Crippen LogP contribution < -0.4 is 0 Å². The first-order valence-corrected chi connectivity index (χ1v) is 6.75. The summed E-state index contributed by atoms with van der Waals surface area (Å²) in [6.07, 6.45) is 5.55. The van der Waals surface area contributed by atoms with Crippen molar-refractivity contribution in [3.63, 3.8) is 0 Å². The molecule has 0 saturated heterocycles. The number of hydrogen-bond acceptors (Lipinski definition) is 3. The Balaban J connectivity index is 2.05. The molecule has 20 heavy (non-hydrogen) atoms. The van der Waals surface area contributed by atoms with Crippen LogP contribution in [0.15, 0.2) is 55.0 Å². The van der Waals surface area contributed by atoms with Crippen LogP contribution in [0.4, 0.5) is 0 Å². The second-order valence-electron chi connectivity index (χ2n) is 4.79. The molecule has 1 atom stereocenters. The molecule has 0 radical (unpaired) electrons. The average molecular weight is 264 g/mol. The number of aryl methyl sites for hydroxylation is 1. The summed E-state index contributed by atoms with van der Waals surface area (Å²) in [4.78, 5) is 8.42. The number of nitrogens with zero attached hydrogens (tertiary/aromatic N) is 2. The minimum atomic E-state index is -0.627. The number of hydrogen-bond donors (Lipinski definition) is 1. The third-order valence-electron chi connectivity index (χ3n) is 3.56. The molecule has 0 bridgehead atoms. The first-order chi connectivity index (χ1) is 9.79. The van der Waals surface area contributed by atoms with Gasteiger partial charge in [-0.2, -0.15) is 0 Å². The summed E-state index contributed by atoms with van der Waals surface area (Å²) in [6.45, 7) is 2.07. The smallest absolute Gasteiger partial charge is 0.104 e. The van der Waals surface area contributed by atoms with E-state index in [-0.39, 0.29) is 0 Å². The summed E-state index contributed by atoms with van der Waals surface area (Å²) in [5, 5.41) is 11.7. The van der Waals surface area contributed by atoms with E-state index < -0.39 is 6.10 Å². The van der Waals surface area contributed by atoms with E-state index in [1.165, 1.54) is 0 Å². The van der Waals surface area contributed by atoms with Crippen molar-refractivity contribution in [1.82, 2.24) is 9.97 Å². The maximum Gasteiger partial charge on any atom is 0.104 e. The second kappa shape index (κ2) is 5.39. The highest BCUT2D eigenvalue weighted by Gasteiger charge is 2.14. The van der Waals surface area contributed by atoms with E-state index in [2.05, 4.69) is 16.9 Å². The van der Waals surface area contributed by atoms with Gasteiger partial charge in [0.25, 0.3) is 0 Å². The number of pyridine rings is 2. The van der Waals surface area contributed by atoms with Crippen molar-refractivity contribution in [3.05, 3.63) is 71.7 Å². The zero-order valence-corrected chi connectivity index (χ0v) is 11.3. The molecule has 2 heterocycles. The number of fused-ring (bicyclic) bond motifs is 1. The molecular weight excluding hydrogens is 248 g/mol. The Morgan fingerprint density at radius 1 is 1.15 bits per heavy atom. The molecule has 1 unspecified atom stereocenters. The Labute approximate surface area is 117 Å². The third kappa shape index (κ3) is 2.28. The first-order valence-electron chi connectivity index (χ1n) is 6.75. The van der Waals surface area contributed by atoms with Crippen LogP contribution in [0.3, 0.4) is 0 Å². The molecule has 0 aliphatic heterocycles. The topological polar surface area (TPSA) is 46.0 Å². The molecule has 100 valence electrons. The monoisotopic (exact) mass is 264 g/mol. The number of aliphatic hydroxyl groups excluding tert-OH is 1. The van der Waals surface area contributed by atoms with Crippen LogP contribution in [0.5, 0.6) is 0 Å². The highest BCUT2D eigenvalue weighted by atomic mass is 16.3. The highest BCUT2D eigenvalue weighted by Crippen LogP contribution is 2.26. The molecule has 3 rings (SSSR count). The maximum absolute atomic E-state index is 10.6. The fourth-order valence-electron chi connectivity index (χ4n) is 2.44. The minimum absolute atomic E-state index is 0.627. The molecule has 2 aromatic heterocycles. The van der Waals surface area contributed by atoms with Gasteiger partial charge in [-0.25, -0.2) is 0 Å². The van der Waals surface area contributed by atoms with Crippen LogP contribution in [0.1, 0.15) is 29.7 Å². The SMILES string of the molecule is CCc1cnccc1C(O)c1ccc2ncccc2c1. The quantitative estimate of drug-likeness (QED) is 0.789. The summed E-state index contributed by atoms with van der Waals surface area (Å²) in [6, 6.07) is 11.7. The summed E-state index contributed by atoms with van der Waals surface area (Å²) >= 11 is 0. The summed E-state index contributed by atoms with van der Waals surface area (Å²) in [7, 11) is 0. The van der Waals surface area contributed by atoms with Crippen molar-refractivity contribution >= 4 is 10.9 Å². The van der Waals surface area contributed by atoms with Gasteiger partial charge in [0, 0.05) is 24.0 Å². The van der Waals surface area contributed by atoms with Crippen molar-refractivity contribution in [2.75, 3.05) is 0 Å². The van der Waals surface area contributed by atoms with E-state index in [1.807, 2.05) is 42.6 Å².